The fraction of sp³-hybridized carbons (Fsp3) is 0.111. The zero-order valence-electron chi connectivity index (χ0n) is 12.3. The summed E-state index contributed by atoms with van der Waals surface area (Å²) in [6.45, 7) is 0.284. The molecule has 3 rings (SSSR count). The van der Waals surface area contributed by atoms with Gasteiger partial charge in [0, 0.05) is 0 Å². The zero-order chi connectivity index (χ0) is 15.9. The van der Waals surface area contributed by atoms with E-state index in [-0.39, 0.29) is 12.4 Å². The van der Waals surface area contributed by atoms with Crippen molar-refractivity contribution in [3.05, 3.63) is 72.9 Å². The molecule has 0 amide bonds. The lowest BCUT2D eigenvalue weighted by Gasteiger charge is -2.12. The lowest BCUT2D eigenvalue weighted by atomic mass is 10.3. The summed E-state index contributed by atoms with van der Waals surface area (Å²) < 4.78 is 22.2. The van der Waals surface area contributed by atoms with Gasteiger partial charge in [-0.2, -0.15) is 0 Å². The van der Waals surface area contributed by atoms with Crippen molar-refractivity contribution < 1.29 is 24.1 Å². The number of rotatable bonds is 0. The van der Waals surface area contributed by atoms with Crippen LogP contribution in [0.1, 0.15) is 0 Å². The minimum atomic E-state index is -0.0535. The van der Waals surface area contributed by atoms with Crippen molar-refractivity contribution in [2.45, 2.75) is 0 Å². The topological polar surface area (TPSA) is 57.2 Å². The van der Waals surface area contributed by atoms with Gasteiger partial charge in [0.1, 0.15) is 19.5 Å². The van der Waals surface area contributed by atoms with Crippen molar-refractivity contribution in [1.82, 2.24) is 0 Å². The maximum Gasteiger partial charge on any atom is 0.168 e. The van der Waals surface area contributed by atoms with Crippen molar-refractivity contribution in [1.29, 1.82) is 0 Å². The minimum absolute atomic E-state index is 0.0346. The summed E-state index contributed by atoms with van der Waals surface area (Å²) in [6, 6.07) is 14.4. The monoisotopic (exact) mass is 312 g/mol. The largest absolute Gasteiger partial charge is 0.506 e. The van der Waals surface area contributed by atoms with Crippen molar-refractivity contribution >= 4 is 0 Å². The molecule has 5 nitrogen and oxygen atoms in total. The summed E-state index contributed by atoms with van der Waals surface area (Å²) in [4.78, 5) is 0. The number of aliphatic hydroxyl groups excluding tert-OH is 1. The smallest absolute Gasteiger partial charge is 0.168 e. The van der Waals surface area contributed by atoms with Crippen molar-refractivity contribution in [2.24, 2.45) is 0 Å². The molecular formula is C18H16O5. The fourth-order valence-corrected chi connectivity index (χ4v) is 1.95. The Kier molecular flexibility index (Phi) is 4.69. The molecule has 0 bridgehead atoms. The maximum atomic E-state index is 9.89. The highest BCUT2D eigenvalue weighted by Gasteiger charge is 2.07. The van der Waals surface area contributed by atoms with E-state index in [1.165, 1.54) is 12.5 Å². The molecule has 5 heteroatoms. The summed E-state index contributed by atoms with van der Waals surface area (Å²) in [5.41, 5.74) is 0. The van der Waals surface area contributed by atoms with Crippen molar-refractivity contribution in [2.75, 3.05) is 13.2 Å². The summed E-state index contributed by atoms with van der Waals surface area (Å²) >= 11 is 0. The van der Waals surface area contributed by atoms with E-state index >= 15 is 0 Å². The Labute approximate surface area is 134 Å². The Bertz CT molecular complexity index is 721. The molecule has 0 saturated carbocycles. The van der Waals surface area contributed by atoms with Crippen LogP contribution in [0.3, 0.4) is 0 Å². The Morgan fingerprint density at radius 1 is 0.739 bits per heavy atom. The van der Waals surface area contributed by atoms with Crippen LogP contribution < -0.4 is 18.9 Å². The fourth-order valence-electron chi connectivity index (χ4n) is 1.95. The molecule has 0 fully saturated rings. The molecule has 1 heterocycles. The van der Waals surface area contributed by atoms with Crippen molar-refractivity contribution in [3.63, 3.8) is 0 Å². The molecule has 118 valence electrons. The average Bonchev–Trinajstić information content (AvgIpc) is 2.59. The summed E-state index contributed by atoms with van der Waals surface area (Å²) in [5, 5.41) is 9.89. The van der Waals surface area contributed by atoms with Crippen LogP contribution in [0.15, 0.2) is 72.9 Å². The highest BCUT2D eigenvalue weighted by Crippen LogP contribution is 2.28. The number of hydrogen-bond donors (Lipinski definition) is 1. The van der Waals surface area contributed by atoms with E-state index in [2.05, 4.69) is 0 Å². The molecule has 0 unspecified atom stereocenters. The third-order valence-electron chi connectivity index (χ3n) is 3.02. The van der Waals surface area contributed by atoms with E-state index in [1.54, 1.807) is 30.3 Å². The Morgan fingerprint density at radius 3 is 2.09 bits per heavy atom. The van der Waals surface area contributed by atoms with Crippen molar-refractivity contribution in [3.8, 4) is 23.0 Å². The Balaban J connectivity index is 1.84. The van der Waals surface area contributed by atoms with E-state index in [1.807, 2.05) is 24.3 Å². The van der Waals surface area contributed by atoms with Gasteiger partial charge in [-0.05, 0) is 30.3 Å². The summed E-state index contributed by atoms with van der Waals surface area (Å²) in [6.07, 6.45) is 4.51. The van der Waals surface area contributed by atoms with Gasteiger partial charge in [-0.1, -0.05) is 24.3 Å². The Morgan fingerprint density at radius 2 is 1.35 bits per heavy atom. The van der Waals surface area contributed by atoms with E-state index in [4.69, 9.17) is 18.9 Å². The standard InChI is InChI=1S/C18H16O5/c19-14-12-22-17-8-3-1-6-15(17)20-10-5-11-21-16-7-2-4-9-18(16)23-13-14/h1-10,13,19H,11-12H2/b10-5-,14-13+. The minimum Gasteiger partial charge on any atom is -0.506 e. The molecule has 0 aromatic heterocycles. The molecule has 23 heavy (non-hydrogen) atoms. The molecule has 1 aliphatic heterocycles. The number of fused-ring (bicyclic) bond motifs is 2. The van der Waals surface area contributed by atoms with E-state index < -0.39 is 0 Å². The molecule has 1 aliphatic rings. The molecular weight excluding hydrogens is 296 g/mol. The van der Waals surface area contributed by atoms with Crippen LogP contribution in [0.25, 0.3) is 0 Å². The molecule has 1 N–H and O–H groups in total. The van der Waals surface area contributed by atoms with Gasteiger partial charge in [0.05, 0.1) is 6.26 Å². The number of ether oxygens (including phenoxy) is 4. The highest BCUT2D eigenvalue weighted by atomic mass is 16.5. The second-order valence-corrected chi connectivity index (χ2v) is 4.71. The van der Waals surface area contributed by atoms with Crippen LogP contribution in [-0.2, 0) is 0 Å². The van der Waals surface area contributed by atoms with Crippen LogP contribution in [-0.4, -0.2) is 18.3 Å². The van der Waals surface area contributed by atoms with Gasteiger partial charge in [-0.25, -0.2) is 0 Å². The van der Waals surface area contributed by atoms with E-state index in [9.17, 15) is 5.11 Å². The molecule has 2 aromatic rings. The third-order valence-corrected chi connectivity index (χ3v) is 3.02. The van der Waals surface area contributed by atoms with E-state index in [0.29, 0.717) is 29.6 Å². The Hall–Kier alpha value is -3.08. The predicted octanol–water partition coefficient (Wildman–Crippen LogP) is 3.83. The normalized spacial score (nSPS) is 18.2. The van der Waals surface area contributed by atoms with Gasteiger partial charge < -0.3 is 24.1 Å². The van der Waals surface area contributed by atoms with Gasteiger partial charge in [-0.3, -0.25) is 0 Å². The zero-order valence-corrected chi connectivity index (χ0v) is 12.3. The van der Waals surface area contributed by atoms with Crippen LogP contribution >= 0.6 is 0 Å². The summed E-state index contributed by atoms with van der Waals surface area (Å²) in [5.74, 6) is 2.10. The third kappa shape index (κ3) is 3.97. The molecule has 0 radical (unpaired) electrons. The number of hydrogen-bond acceptors (Lipinski definition) is 5. The first-order valence-electron chi connectivity index (χ1n) is 7.13. The lowest BCUT2D eigenvalue weighted by molar-refractivity contribution is 0.248. The van der Waals surface area contributed by atoms with Gasteiger partial charge in [0.15, 0.2) is 28.8 Å². The van der Waals surface area contributed by atoms with Gasteiger partial charge >= 0.3 is 0 Å². The number of benzene rings is 2. The molecule has 0 spiro atoms. The molecule has 0 saturated heterocycles. The second kappa shape index (κ2) is 7.26. The summed E-state index contributed by atoms with van der Waals surface area (Å²) in [7, 11) is 0. The number of aliphatic hydroxyl groups is 1. The lowest BCUT2D eigenvalue weighted by Crippen LogP contribution is -2.04. The van der Waals surface area contributed by atoms with Gasteiger partial charge in [0.2, 0.25) is 0 Å². The molecule has 0 aliphatic carbocycles. The first-order valence-corrected chi connectivity index (χ1v) is 7.13. The quantitative estimate of drug-likeness (QED) is 0.801. The van der Waals surface area contributed by atoms with Gasteiger partial charge in [0.25, 0.3) is 0 Å². The average molecular weight is 312 g/mol. The molecule has 2 aromatic carbocycles. The van der Waals surface area contributed by atoms with Crippen LogP contribution in [0, 0.1) is 0 Å². The van der Waals surface area contributed by atoms with E-state index in [0.717, 1.165) is 0 Å². The van der Waals surface area contributed by atoms with Crippen LogP contribution in [0.4, 0.5) is 0 Å². The maximum absolute atomic E-state index is 9.89. The van der Waals surface area contributed by atoms with Gasteiger partial charge in [-0.15, -0.1) is 0 Å². The SMILES string of the molecule is O/C1=C/Oc2ccccc2OC/C=C\Oc2ccccc2OC1. The van der Waals surface area contributed by atoms with Crippen LogP contribution in [0.2, 0.25) is 0 Å². The molecule has 0 atom stereocenters. The van der Waals surface area contributed by atoms with Crippen LogP contribution in [0.5, 0.6) is 23.0 Å². The second-order valence-electron chi connectivity index (χ2n) is 4.71. The predicted molar refractivity (Wildman–Crippen MR) is 85.0 cm³/mol. The number of para-hydroxylation sites is 4. The highest BCUT2D eigenvalue weighted by molar-refractivity contribution is 5.41. The first-order chi connectivity index (χ1) is 11.3. The first kappa shape index (κ1) is 14.8.